The summed E-state index contributed by atoms with van der Waals surface area (Å²) in [6, 6.07) is 6.94. The fraction of sp³-hybridized carbons (Fsp3) is 0.200. The van der Waals surface area contributed by atoms with Gasteiger partial charge in [0.1, 0.15) is 22.6 Å². The molecule has 1 amide bonds. The maximum Gasteiger partial charge on any atom is 0.255 e. The molecule has 8 heteroatoms. The zero-order chi connectivity index (χ0) is 20.0. The fourth-order valence-electron chi connectivity index (χ4n) is 3.38. The lowest BCUT2D eigenvalue weighted by molar-refractivity contribution is -0.0428. The molecule has 8 nitrogen and oxygen atoms in total. The summed E-state index contributed by atoms with van der Waals surface area (Å²) in [5, 5.41) is 26.6. The number of aliphatic hydroxyl groups excluding tert-OH is 1. The van der Waals surface area contributed by atoms with E-state index in [-0.39, 0.29) is 5.91 Å². The van der Waals surface area contributed by atoms with Gasteiger partial charge in [-0.15, -0.1) is 0 Å². The Kier molecular flexibility index (Phi) is 4.29. The molecule has 0 atom stereocenters. The van der Waals surface area contributed by atoms with Crippen molar-refractivity contribution in [3.05, 3.63) is 59.1 Å². The minimum absolute atomic E-state index is 0.209. The average molecular weight is 381 g/mol. The maximum absolute atomic E-state index is 12.1. The van der Waals surface area contributed by atoms with Gasteiger partial charge in [-0.25, -0.2) is 4.52 Å². The highest BCUT2D eigenvalue weighted by molar-refractivity contribution is 6.07. The van der Waals surface area contributed by atoms with Gasteiger partial charge in [-0.1, -0.05) is 0 Å². The highest BCUT2D eigenvalue weighted by Crippen LogP contribution is 2.34. The molecule has 0 saturated heterocycles. The highest BCUT2D eigenvalue weighted by Gasteiger charge is 2.19. The van der Waals surface area contributed by atoms with E-state index in [1.54, 1.807) is 62.1 Å². The third kappa shape index (κ3) is 2.79. The molecule has 4 aromatic rings. The molecule has 0 saturated carbocycles. The largest absolute Gasteiger partial charge is 0.460 e. The lowest BCUT2D eigenvalue weighted by atomic mass is 10.1. The smallest absolute Gasteiger partial charge is 0.255 e. The molecule has 3 N–H and O–H groups in total. The molecule has 0 aliphatic carbocycles. The van der Waals surface area contributed by atoms with Gasteiger partial charge in [-0.05, 0) is 31.5 Å². The summed E-state index contributed by atoms with van der Waals surface area (Å²) in [6.07, 6.45) is 1.52. The van der Waals surface area contributed by atoms with Crippen LogP contribution in [0.3, 0.4) is 0 Å². The number of rotatable bonds is 4. The number of furan rings is 1. The second-order valence-electron chi connectivity index (χ2n) is 6.44. The molecule has 0 bridgehead atoms. The van der Waals surface area contributed by atoms with Crippen molar-refractivity contribution in [2.24, 2.45) is 0 Å². The number of aromatic nitrogens is 2. The second kappa shape index (κ2) is 6.66. The van der Waals surface area contributed by atoms with Crippen molar-refractivity contribution in [1.82, 2.24) is 14.9 Å². The van der Waals surface area contributed by atoms with Gasteiger partial charge >= 0.3 is 0 Å². The Labute approximate surface area is 160 Å². The highest BCUT2D eigenvalue weighted by atomic mass is 16.5. The summed E-state index contributed by atoms with van der Waals surface area (Å²) in [6.45, 7) is 3.51. The SMILES string of the molecule is CNC(=O)c1c(C)oc2cc(Oc3ccnn4cc(C(O)O)c(C)c34)ccc12. The predicted molar refractivity (Wildman–Crippen MR) is 102 cm³/mol. The van der Waals surface area contributed by atoms with Gasteiger partial charge in [0.05, 0.1) is 11.8 Å². The van der Waals surface area contributed by atoms with Crippen LogP contribution in [0.1, 0.15) is 33.5 Å². The molecular formula is C20H19N3O5. The Morgan fingerprint density at radius 1 is 1.29 bits per heavy atom. The molecule has 3 heterocycles. The van der Waals surface area contributed by atoms with Gasteiger partial charge in [0.2, 0.25) is 0 Å². The van der Waals surface area contributed by atoms with Gasteiger partial charge in [0.15, 0.2) is 12.0 Å². The van der Waals surface area contributed by atoms with Gasteiger partial charge in [-0.2, -0.15) is 5.10 Å². The van der Waals surface area contributed by atoms with E-state index in [0.717, 1.165) is 0 Å². The Balaban J connectivity index is 1.77. The maximum atomic E-state index is 12.1. The number of hydrogen-bond acceptors (Lipinski definition) is 6. The van der Waals surface area contributed by atoms with E-state index in [1.165, 1.54) is 0 Å². The van der Waals surface area contributed by atoms with E-state index in [0.29, 0.717) is 50.4 Å². The van der Waals surface area contributed by atoms with Gasteiger partial charge in [-0.3, -0.25) is 4.79 Å². The lowest BCUT2D eigenvalue weighted by Gasteiger charge is -2.08. The van der Waals surface area contributed by atoms with Crippen LogP contribution in [0, 0.1) is 13.8 Å². The summed E-state index contributed by atoms with van der Waals surface area (Å²) in [4.78, 5) is 12.1. The Hall–Kier alpha value is -3.36. The normalized spacial score (nSPS) is 11.5. The standard InChI is InChI=1S/C20H19N3O5/c1-10-14(20(25)26)9-23-18(10)15(6-7-22-23)28-12-4-5-13-16(8-12)27-11(2)17(13)19(24)21-3/h4-9,20,25-26H,1-3H3,(H,21,24). The van der Waals surface area contributed by atoms with Gasteiger partial charge in [0.25, 0.3) is 5.91 Å². The predicted octanol–water partition coefficient (Wildman–Crippen LogP) is 2.83. The first-order valence-corrected chi connectivity index (χ1v) is 8.66. The van der Waals surface area contributed by atoms with Crippen LogP contribution in [0.5, 0.6) is 11.5 Å². The first-order chi connectivity index (χ1) is 13.4. The summed E-state index contributed by atoms with van der Waals surface area (Å²) >= 11 is 0. The van der Waals surface area contributed by atoms with Crippen LogP contribution in [-0.4, -0.2) is 32.8 Å². The fourth-order valence-corrected chi connectivity index (χ4v) is 3.38. The first kappa shape index (κ1) is 18.0. The Morgan fingerprint density at radius 3 is 2.79 bits per heavy atom. The molecule has 144 valence electrons. The van der Waals surface area contributed by atoms with Crippen molar-refractivity contribution in [1.29, 1.82) is 0 Å². The van der Waals surface area contributed by atoms with Crippen molar-refractivity contribution in [3.63, 3.8) is 0 Å². The van der Waals surface area contributed by atoms with Gasteiger partial charge in [0, 0.05) is 36.3 Å². The zero-order valence-electron chi connectivity index (χ0n) is 15.6. The first-order valence-electron chi connectivity index (χ1n) is 8.66. The molecule has 0 unspecified atom stereocenters. The molecule has 0 fully saturated rings. The van der Waals surface area contributed by atoms with Crippen LogP contribution in [0.15, 0.2) is 41.1 Å². The van der Waals surface area contributed by atoms with Crippen molar-refractivity contribution in [3.8, 4) is 11.5 Å². The molecule has 0 aliphatic rings. The number of nitrogens with one attached hydrogen (secondary N) is 1. The minimum Gasteiger partial charge on any atom is -0.460 e. The number of carbonyl (C=O) groups is 1. The number of amides is 1. The Bertz CT molecular complexity index is 1210. The molecule has 4 rings (SSSR count). The zero-order valence-corrected chi connectivity index (χ0v) is 15.6. The number of aliphatic hydroxyl groups is 2. The molecule has 28 heavy (non-hydrogen) atoms. The summed E-state index contributed by atoms with van der Waals surface area (Å²) < 4.78 is 13.3. The van der Waals surface area contributed by atoms with Crippen LogP contribution in [-0.2, 0) is 0 Å². The third-order valence-corrected chi connectivity index (χ3v) is 4.73. The van der Waals surface area contributed by atoms with Crippen molar-refractivity contribution < 1.29 is 24.2 Å². The summed E-state index contributed by atoms with van der Waals surface area (Å²) in [7, 11) is 1.57. The number of fused-ring (bicyclic) bond motifs is 2. The molecule has 3 aromatic heterocycles. The van der Waals surface area contributed by atoms with E-state index >= 15 is 0 Å². The van der Waals surface area contributed by atoms with Crippen molar-refractivity contribution in [2.75, 3.05) is 7.05 Å². The van der Waals surface area contributed by atoms with Crippen LogP contribution in [0.25, 0.3) is 16.5 Å². The Morgan fingerprint density at radius 2 is 2.07 bits per heavy atom. The topological polar surface area (TPSA) is 109 Å². The van der Waals surface area contributed by atoms with Gasteiger partial charge < -0.3 is 24.7 Å². The van der Waals surface area contributed by atoms with E-state index in [1.807, 2.05) is 0 Å². The molecular weight excluding hydrogens is 362 g/mol. The lowest BCUT2D eigenvalue weighted by Crippen LogP contribution is -2.18. The number of ether oxygens (including phenoxy) is 1. The minimum atomic E-state index is -1.60. The number of benzene rings is 1. The van der Waals surface area contributed by atoms with Crippen LogP contribution < -0.4 is 10.1 Å². The third-order valence-electron chi connectivity index (χ3n) is 4.73. The number of hydrogen-bond donors (Lipinski definition) is 3. The summed E-state index contributed by atoms with van der Waals surface area (Å²) in [5.41, 5.74) is 2.69. The average Bonchev–Trinajstić information content (AvgIpc) is 3.18. The van der Waals surface area contributed by atoms with E-state index in [9.17, 15) is 15.0 Å². The van der Waals surface area contributed by atoms with E-state index < -0.39 is 6.29 Å². The molecule has 0 aliphatic heterocycles. The second-order valence-corrected chi connectivity index (χ2v) is 6.44. The molecule has 0 spiro atoms. The molecule has 0 radical (unpaired) electrons. The van der Waals surface area contributed by atoms with Crippen LogP contribution in [0.4, 0.5) is 0 Å². The van der Waals surface area contributed by atoms with Crippen molar-refractivity contribution in [2.45, 2.75) is 20.1 Å². The van der Waals surface area contributed by atoms with E-state index in [2.05, 4.69) is 10.4 Å². The van der Waals surface area contributed by atoms with Crippen LogP contribution >= 0.6 is 0 Å². The quantitative estimate of drug-likeness (QED) is 0.469. The van der Waals surface area contributed by atoms with Crippen molar-refractivity contribution >= 4 is 22.4 Å². The molecule has 1 aromatic carbocycles. The number of aryl methyl sites for hydroxylation is 2. The number of nitrogens with zero attached hydrogens (tertiary/aromatic N) is 2. The monoisotopic (exact) mass is 381 g/mol. The summed E-state index contributed by atoms with van der Waals surface area (Å²) in [5.74, 6) is 1.35. The van der Waals surface area contributed by atoms with E-state index in [4.69, 9.17) is 9.15 Å². The van der Waals surface area contributed by atoms with Crippen LogP contribution in [0.2, 0.25) is 0 Å². The number of carbonyl (C=O) groups excluding carboxylic acids is 1.